The van der Waals surface area contributed by atoms with Crippen LogP contribution in [0, 0.1) is 5.92 Å². The third kappa shape index (κ3) is 5.78. The van der Waals surface area contributed by atoms with Gasteiger partial charge in [-0.3, -0.25) is 4.79 Å². The number of nitrogens with one attached hydrogen (secondary N) is 1. The minimum Gasteiger partial charge on any atom is -0.355 e. The number of piperidine rings is 1. The summed E-state index contributed by atoms with van der Waals surface area (Å²) < 4.78 is 25.5. The minimum atomic E-state index is -3.28. The second-order valence-corrected chi connectivity index (χ2v) is 6.76. The Morgan fingerprint density at radius 2 is 2.20 bits per heavy atom. The van der Waals surface area contributed by atoms with E-state index in [2.05, 4.69) is 11.9 Å². The average molecular weight is 326 g/mol. The van der Waals surface area contributed by atoms with Crippen molar-refractivity contribution in [2.24, 2.45) is 11.7 Å². The van der Waals surface area contributed by atoms with E-state index >= 15 is 0 Å². The maximum atomic E-state index is 12.1. The number of rotatable bonds is 7. The van der Waals surface area contributed by atoms with E-state index in [1.54, 1.807) is 6.08 Å². The Morgan fingerprint density at radius 1 is 1.50 bits per heavy atom. The Bertz CT molecular complexity index is 414. The first-order chi connectivity index (χ1) is 9.01. The van der Waals surface area contributed by atoms with Gasteiger partial charge in [0.1, 0.15) is 0 Å². The van der Waals surface area contributed by atoms with E-state index in [0.29, 0.717) is 32.5 Å². The van der Waals surface area contributed by atoms with Gasteiger partial charge in [-0.2, -0.15) is 0 Å². The first-order valence-corrected chi connectivity index (χ1v) is 8.18. The number of nitrogens with zero attached hydrogens (tertiary/aromatic N) is 1. The van der Waals surface area contributed by atoms with Crippen LogP contribution in [0.25, 0.3) is 0 Å². The van der Waals surface area contributed by atoms with Crippen molar-refractivity contribution < 1.29 is 13.2 Å². The second-order valence-electron chi connectivity index (χ2n) is 4.67. The number of carbonyl (C=O) groups excluding carboxylic acids is 1. The average Bonchev–Trinajstić information content (AvgIpc) is 2.42. The normalized spacial score (nSPS) is 19.9. The summed E-state index contributed by atoms with van der Waals surface area (Å²) >= 11 is 0. The Kier molecular flexibility index (Phi) is 9.04. The van der Waals surface area contributed by atoms with E-state index in [1.807, 2.05) is 0 Å². The summed E-state index contributed by atoms with van der Waals surface area (Å²) in [6.45, 7) is 5.12. The first kappa shape index (κ1) is 19.4. The largest absolute Gasteiger partial charge is 0.355 e. The second kappa shape index (κ2) is 9.33. The lowest BCUT2D eigenvalue weighted by molar-refractivity contribution is -0.126. The molecule has 0 aliphatic carbocycles. The number of carbonyl (C=O) groups is 1. The zero-order valence-corrected chi connectivity index (χ0v) is 13.2. The number of amides is 1. The van der Waals surface area contributed by atoms with E-state index in [0.717, 1.165) is 6.42 Å². The number of sulfonamides is 1. The molecule has 3 N–H and O–H groups in total. The Labute approximate surface area is 127 Å². The van der Waals surface area contributed by atoms with Crippen molar-refractivity contribution in [3.63, 3.8) is 0 Å². The van der Waals surface area contributed by atoms with E-state index < -0.39 is 10.0 Å². The Morgan fingerprint density at radius 3 is 2.80 bits per heavy atom. The zero-order chi connectivity index (χ0) is 14.3. The van der Waals surface area contributed by atoms with Crippen LogP contribution >= 0.6 is 12.4 Å². The molecule has 0 radical (unpaired) electrons. The van der Waals surface area contributed by atoms with Gasteiger partial charge in [0.2, 0.25) is 15.9 Å². The van der Waals surface area contributed by atoms with Crippen LogP contribution < -0.4 is 11.1 Å². The van der Waals surface area contributed by atoms with Gasteiger partial charge in [0.05, 0.1) is 11.7 Å². The molecule has 0 bridgehead atoms. The molecular formula is C12H24ClN3O3S. The van der Waals surface area contributed by atoms with Crippen LogP contribution in [0.1, 0.15) is 19.3 Å². The lowest BCUT2D eigenvalue weighted by Gasteiger charge is -2.31. The molecule has 1 aliphatic rings. The molecule has 8 heteroatoms. The molecule has 0 spiro atoms. The number of halogens is 1. The summed E-state index contributed by atoms with van der Waals surface area (Å²) in [5, 5.41) is 2.72. The van der Waals surface area contributed by atoms with Crippen LogP contribution in [-0.4, -0.2) is 50.6 Å². The predicted molar refractivity (Wildman–Crippen MR) is 82.2 cm³/mol. The highest BCUT2D eigenvalue weighted by Gasteiger charge is 2.31. The number of nitrogens with two attached hydrogens (primary N) is 1. The molecular weight excluding hydrogens is 302 g/mol. The summed E-state index contributed by atoms with van der Waals surface area (Å²) in [5.74, 6) is -0.305. The quantitative estimate of drug-likeness (QED) is 0.649. The third-order valence-corrected chi connectivity index (χ3v) is 5.04. The van der Waals surface area contributed by atoms with Gasteiger partial charge >= 0.3 is 0 Å². The lowest BCUT2D eigenvalue weighted by Crippen LogP contribution is -2.46. The standard InChI is InChI=1S/C12H23N3O3S.ClH/c1-2-3-9-19(17,18)15-8-4-5-11(10-15)12(16)14-7-6-13;/h2,11H,1,3-10,13H2,(H,14,16);1H. The molecule has 1 atom stereocenters. The highest BCUT2D eigenvalue weighted by Crippen LogP contribution is 2.20. The van der Waals surface area contributed by atoms with Crippen molar-refractivity contribution in [3.8, 4) is 0 Å². The topological polar surface area (TPSA) is 92.5 Å². The molecule has 118 valence electrons. The van der Waals surface area contributed by atoms with Crippen LogP contribution in [0.4, 0.5) is 0 Å². The lowest BCUT2D eigenvalue weighted by atomic mass is 9.99. The van der Waals surface area contributed by atoms with E-state index in [4.69, 9.17) is 5.73 Å². The summed E-state index contributed by atoms with van der Waals surface area (Å²) in [4.78, 5) is 11.8. The summed E-state index contributed by atoms with van der Waals surface area (Å²) in [6.07, 6.45) is 3.47. The van der Waals surface area contributed by atoms with E-state index in [-0.39, 0.29) is 36.5 Å². The van der Waals surface area contributed by atoms with Crippen LogP contribution in [0.2, 0.25) is 0 Å². The van der Waals surface area contributed by atoms with Crippen molar-refractivity contribution in [2.75, 3.05) is 31.9 Å². The molecule has 0 aromatic rings. The van der Waals surface area contributed by atoms with Gasteiger partial charge in [-0.05, 0) is 19.3 Å². The fourth-order valence-corrected chi connectivity index (χ4v) is 3.65. The molecule has 1 unspecified atom stereocenters. The molecule has 6 nitrogen and oxygen atoms in total. The zero-order valence-electron chi connectivity index (χ0n) is 11.6. The molecule has 20 heavy (non-hydrogen) atoms. The smallest absolute Gasteiger partial charge is 0.224 e. The number of hydrogen-bond acceptors (Lipinski definition) is 4. The van der Waals surface area contributed by atoms with Gasteiger partial charge in [0.15, 0.2) is 0 Å². The van der Waals surface area contributed by atoms with E-state index in [9.17, 15) is 13.2 Å². The van der Waals surface area contributed by atoms with E-state index in [1.165, 1.54) is 4.31 Å². The molecule has 0 aromatic carbocycles. The van der Waals surface area contributed by atoms with Crippen molar-refractivity contribution in [1.82, 2.24) is 9.62 Å². The number of allylic oxidation sites excluding steroid dienone is 1. The summed E-state index contributed by atoms with van der Waals surface area (Å²) in [5.41, 5.74) is 5.33. The van der Waals surface area contributed by atoms with Crippen molar-refractivity contribution >= 4 is 28.3 Å². The van der Waals surface area contributed by atoms with Crippen LogP contribution in [-0.2, 0) is 14.8 Å². The van der Waals surface area contributed by atoms with Crippen LogP contribution in [0.15, 0.2) is 12.7 Å². The number of hydrogen-bond donors (Lipinski definition) is 2. The van der Waals surface area contributed by atoms with Gasteiger partial charge in [0, 0.05) is 26.2 Å². The molecule has 1 fully saturated rings. The molecule has 0 aromatic heterocycles. The molecule has 1 rings (SSSR count). The van der Waals surface area contributed by atoms with Crippen LogP contribution in [0.5, 0.6) is 0 Å². The highest BCUT2D eigenvalue weighted by atomic mass is 35.5. The summed E-state index contributed by atoms with van der Waals surface area (Å²) in [6, 6.07) is 0. The van der Waals surface area contributed by atoms with Crippen molar-refractivity contribution in [1.29, 1.82) is 0 Å². The molecule has 1 amide bonds. The fraction of sp³-hybridized carbons (Fsp3) is 0.750. The fourth-order valence-electron chi connectivity index (χ4n) is 2.11. The van der Waals surface area contributed by atoms with Gasteiger partial charge in [-0.1, -0.05) is 6.08 Å². The third-order valence-electron chi connectivity index (χ3n) is 3.17. The SMILES string of the molecule is C=CCCS(=O)(=O)N1CCCC(C(=O)NCCN)C1.Cl. The van der Waals surface area contributed by atoms with Gasteiger partial charge < -0.3 is 11.1 Å². The van der Waals surface area contributed by atoms with Crippen molar-refractivity contribution in [2.45, 2.75) is 19.3 Å². The first-order valence-electron chi connectivity index (χ1n) is 6.57. The van der Waals surface area contributed by atoms with Gasteiger partial charge in [0.25, 0.3) is 0 Å². The predicted octanol–water partition coefficient (Wildman–Crippen LogP) is 0.101. The highest BCUT2D eigenvalue weighted by molar-refractivity contribution is 7.89. The van der Waals surface area contributed by atoms with Crippen LogP contribution in [0.3, 0.4) is 0 Å². The van der Waals surface area contributed by atoms with Crippen molar-refractivity contribution in [3.05, 3.63) is 12.7 Å². The maximum absolute atomic E-state index is 12.1. The van der Waals surface area contributed by atoms with Gasteiger partial charge in [-0.25, -0.2) is 12.7 Å². The Balaban J connectivity index is 0.00000361. The minimum absolute atomic E-state index is 0. The molecule has 1 aliphatic heterocycles. The monoisotopic (exact) mass is 325 g/mol. The molecule has 1 saturated heterocycles. The summed E-state index contributed by atoms with van der Waals surface area (Å²) in [7, 11) is -3.28. The maximum Gasteiger partial charge on any atom is 0.224 e. The molecule has 1 heterocycles. The van der Waals surface area contributed by atoms with Gasteiger partial charge in [-0.15, -0.1) is 19.0 Å². The molecule has 0 saturated carbocycles. The Hall–Kier alpha value is -0.630.